The molecule has 0 fully saturated rings. The molecule has 1 aliphatic heterocycles. The summed E-state index contributed by atoms with van der Waals surface area (Å²) in [6.07, 6.45) is 4.05. The topological polar surface area (TPSA) is 24.9 Å². The Morgan fingerprint density at radius 1 is 1.24 bits per heavy atom. The average molecular weight is 289 g/mol. The summed E-state index contributed by atoms with van der Waals surface area (Å²) < 4.78 is 1.15. The second-order valence-corrected chi connectivity index (χ2v) is 5.21. The lowest BCUT2D eigenvalue weighted by molar-refractivity contribution is 0.650. The van der Waals surface area contributed by atoms with Crippen molar-refractivity contribution in [2.75, 3.05) is 5.32 Å². The van der Waals surface area contributed by atoms with Crippen LogP contribution in [0.3, 0.4) is 0 Å². The Bertz CT molecular complexity index is 525. The number of hydrogen-bond donors (Lipinski definition) is 1. The van der Waals surface area contributed by atoms with Crippen molar-refractivity contribution in [3.05, 3.63) is 58.3 Å². The van der Waals surface area contributed by atoms with Crippen LogP contribution < -0.4 is 5.32 Å². The predicted molar refractivity (Wildman–Crippen MR) is 73.1 cm³/mol. The molecule has 2 heterocycles. The third-order valence-electron chi connectivity index (χ3n) is 3.14. The first-order valence-electron chi connectivity index (χ1n) is 5.79. The molecule has 1 atom stereocenters. The molecule has 0 saturated heterocycles. The second-order valence-electron chi connectivity index (χ2n) is 4.29. The molecular formula is C14H13BrN2. The van der Waals surface area contributed by atoms with Crippen molar-refractivity contribution in [2.45, 2.75) is 18.9 Å². The first-order valence-corrected chi connectivity index (χ1v) is 6.58. The van der Waals surface area contributed by atoms with Crippen LogP contribution in [-0.2, 0) is 6.42 Å². The highest BCUT2D eigenvalue weighted by Gasteiger charge is 2.19. The van der Waals surface area contributed by atoms with Crippen LogP contribution in [0.4, 0.5) is 5.69 Å². The molecule has 1 aliphatic rings. The minimum atomic E-state index is 0.338. The van der Waals surface area contributed by atoms with Gasteiger partial charge in [0.25, 0.3) is 0 Å². The van der Waals surface area contributed by atoms with E-state index in [-0.39, 0.29) is 0 Å². The molecule has 3 rings (SSSR count). The van der Waals surface area contributed by atoms with Gasteiger partial charge in [0, 0.05) is 16.4 Å². The van der Waals surface area contributed by atoms with Crippen molar-refractivity contribution in [1.29, 1.82) is 0 Å². The van der Waals surface area contributed by atoms with Crippen LogP contribution in [0.25, 0.3) is 0 Å². The lowest BCUT2D eigenvalue weighted by atomic mass is 9.96. The van der Waals surface area contributed by atoms with Gasteiger partial charge in [-0.1, -0.05) is 22.0 Å². The number of pyridine rings is 1. The van der Waals surface area contributed by atoms with Crippen LogP contribution >= 0.6 is 15.9 Å². The van der Waals surface area contributed by atoms with Gasteiger partial charge in [0.2, 0.25) is 0 Å². The molecule has 3 heteroatoms. The molecule has 1 aromatic carbocycles. The van der Waals surface area contributed by atoms with Crippen molar-refractivity contribution < 1.29 is 0 Å². The first kappa shape index (κ1) is 10.8. The number of aromatic nitrogens is 1. The van der Waals surface area contributed by atoms with Gasteiger partial charge >= 0.3 is 0 Å². The third-order valence-corrected chi connectivity index (χ3v) is 3.64. The number of anilines is 1. The molecule has 1 N–H and O–H groups in total. The van der Waals surface area contributed by atoms with Crippen molar-refractivity contribution in [1.82, 2.24) is 4.98 Å². The van der Waals surface area contributed by atoms with E-state index in [4.69, 9.17) is 0 Å². The molecule has 86 valence electrons. The van der Waals surface area contributed by atoms with E-state index < -0.39 is 0 Å². The number of rotatable bonds is 1. The standard InChI is InChI=1S/C14H13BrN2/c15-11-5-7-12-10(9-11)4-6-14(17-12)13-3-1-2-8-16-13/h1-3,5,7-9,14,17H,4,6H2. The van der Waals surface area contributed by atoms with Crippen molar-refractivity contribution in [3.8, 4) is 0 Å². The predicted octanol–water partition coefficient (Wildman–Crippen LogP) is 3.94. The molecule has 2 aromatic rings. The largest absolute Gasteiger partial charge is 0.376 e. The molecule has 1 aromatic heterocycles. The Hall–Kier alpha value is -1.35. The Labute approximate surface area is 109 Å². The SMILES string of the molecule is Brc1ccc2c(c1)CCC(c1ccccn1)N2. The van der Waals surface area contributed by atoms with Gasteiger partial charge in [-0.05, 0) is 48.7 Å². The van der Waals surface area contributed by atoms with Crippen LogP contribution in [0.2, 0.25) is 0 Å². The van der Waals surface area contributed by atoms with E-state index >= 15 is 0 Å². The molecule has 0 spiro atoms. The maximum absolute atomic E-state index is 4.42. The van der Waals surface area contributed by atoms with Gasteiger partial charge < -0.3 is 5.32 Å². The quantitative estimate of drug-likeness (QED) is 0.860. The summed E-state index contributed by atoms with van der Waals surface area (Å²) >= 11 is 3.51. The molecule has 0 radical (unpaired) electrons. The molecule has 0 aliphatic carbocycles. The zero-order chi connectivity index (χ0) is 11.7. The van der Waals surface area contributed by atoms with E-state index in [2.05, 4.69) is 50.5 Å². The number of aryl methyl sites for hydroxylation is 1. The molecule has 0 amide bonds. The minimum absolute atomic E-state index is 0.338. The zero-order valence-corrected chi connectivity index (χ0v) is 10.9. The summed E-state index contributed by atoms with van der Waals surface area (Å²) in [5.41, 5.74) is 3.74. The van der Waals surface area contributed by atoms with E-state index in [1.54, 1.807) is 0 Å². The lowest BCUT2D eigenvalue weighted by Crippen LogP contribution is -2.18. The fourth-order valence-corrected chi connectivity index (χ4v) is 2.68. The van der Waals surface area contributed by atoms with Crippen molar-refractivity contribution >= 4 is 21.6 Å². The maximum Gasteiger partial charge on any atom is 0.0688 e. The highest BCUT2D eigenvalue weighted by Crippen LogP contribution is 2.33. The molecular weight excluding hydrogens is 276 g/mol. The van der Waals surface area contributed by atoms with E-state index in [1.165, 1.54) is 11.3 Å². The number of nitrogens with zero attached hydrogens (tertiary/aromatic N) is 1. The van der Waals surface area contributed by atoms with E-state index in [0.29, 0.717) is 6.04 Å². The van der Waals surface area contributed by atoms with Gasteiger partial charge in [-0.15, -0.1) is 0 Å². The summed E-state index contributed by atoms with van der Waals surface area (Å²) in [6, 6.07) is 12.8. The fraction of sp³-hybridized carbons (Fsp3) is 0.214. The van der Waals surface area contributed by atoms with Gasteiger partial charge in [0.15, 0.2) is 0 Å². The summed E-state index contributed by atoms with van der Waals surface area (Å²) in [5.74, 6) is 0. The number of halogens is 1. The Balaban J connectivity index is 1.88. The summed E-state index contributed by atoms with van der Waals surface area (Å²) in [7, 11) is 0. The highest BCUT2D eigenvalue weighted by atomic mass is 79.9. The zero-order valence-electron chi connectivity index (χ0n) is 9.36. The van der Waals surface area contributed by atoms with Crippen LogP contribution in [0.1, 0.15) is 23.7 Å². The molecule has 0 bridgehead atoms. The van der Waals surface area contributed by atoms with Crippen LogP contribution in [0.5, 0.6) is 0 Å². The van der Waals surface area contributed by atoms with Crippen LogP contribution in [0.15, 0.2) is 47.1 Å². The van der Waals surface area contributed by atoms with Gasteiger partial charge in [-0.25, -0.2) is 0 Å². The van der Waals surface area contributed by atoms with E-state index in [1.807, 2.05) is 18.3 Å². The maximum atomic E-state index is 4.42. The van der Waals surface area contributed by atoms with Gasteiger partial charge in [-0.2, -0.15) is 0 Å². The van der Waals surface area contributed by atoms with Gasteiger partial charge in [0.05, 0.1) is 11.7 Å². The Morgan fingerprint density at radius 2 is 2.18 bits per heavy atom. The monoisotopic (exact) mass is 288 g/mol. The Morgan fingerprint density at radius 3 is 3.00 bits per heavy atom. The van der Waals surface area contributed by atoms with Crippen LogP contribution in [0, 0.1) is 0 Å². The molecule has 0 saturated carbocycles. The normalized spacial score (nSPS) is 18.3. The van der Waals surface area contributed by atoms with Gasteiger partial charge in [-0.3, -0.25) is 4.98 Å². The minimum Gasteiger partial charge on any atom is -0.376 e. The average Bonchev–Trinajstić information content (AvgIpc) is 2.39. The molecule has 2 nitrogen and oxygen atoms in total. The highest BCUT2D eigenvalue weighted by molar-refractivity contribution is 9.10. The fourth-order valence-electron chi connectivity index (χ4n) is 2.27. The molecule has 1 unspecified atom stereocenters. The number of nitrogens with one attached hydrogen (secondary N) is 1. The second kappa shape index (κ2) is 4.49. The summed E-state index contributed by atoms with van der Waals surface area (Å²) in [4.78, 5) is 4.42. The van der Waals surface area contributed by atoms with Gasteiger partial charge in [0.1, 0.15) is 0 Å². The Kier molecular flexibility index (Phi) is 2.85. The third kappa shape index (κ3) is 2.20. The smallest absolute Gasteiger partial charge is 0.0688 e. The van der Waals surface area contributed by atoms with Crippen LogP contribution in [-0.4, -0.2) is 4.98 Å². The lowest BCUT2D eigenvalue weighted by Gasteiger charge is -2.26. The first-order chi connectivity index (χ1) is 8.33. The summed E-state index contributed by atoms with van der Waals surface area (Å²) in [6.45, 7) is 0. The van der Waals surface area contributed by atoms with E-state index in [0.717, 1.165) is 23.0 Å². The molecule has 17 heavy (non-hydrogen) atoms. The van der Waals surface area contributed by atoms with Crippen molar-refractivity contribution in [3.63, 3.8) is 0 Å². The summed E-state index contributed by atoms with van der Waals surface area (Å²) in [5, 5.41) is 3.56. The van der Waals surface area contributed by atoms with E-state index in [9.17, 15) is 0 Å². The van der Waals surface area contributed by atoms with Crippen molar-refractivity contribution in [2.24, 2.45) is 0 Å². The number of hydrogen-bond acceptors (Lipinski definition) is 2. The number of fused-ring (bicyclic) bond motifs is 1. The number of benzene rings is 1.